The Kier molecular flexibility index (Phi) is 2.04. The third kappa shape index (κ3) is 1.40. The van der Waals surface area contributed by atoms with Crippen molar-refractivity contribution in [2.75, 3.05) is 0 Å². The molecule has 0 unspecified atom stereocenters. The molecule has 0 saturated heterocycles. The molecule has 1 atom stereocenters. The van der Waals surface area contributed by atoms with Crippen molar-refractivity contribution >= 4 is 11.8 Å². The number of allylic oxidation sites excluding steroid dienone is 1. The minimum atomic E-state index is -0.592. The molecule has 0 saturated carbocycles. The summed E-state index contributed by atoms with van der Waals surface area (Å²) < 4.78 is 4.95. The van der Waals surface area contributed by atoms with E-state index >= 15 is 0 Å². The van der Waals surface area contributed by atoms with Crippen LogP contribution in [0.2, 0.25) is 0 Å². The van der Waals surface area contributed by atoms with Gasteiger partial charge in [-0.25, -0.2) is 0 Å². The lowest BCUT2D eigenvalue weighted by Gasteiger charge is -2.24. The highest BCUT2D eigenvalue weighted by atomic mass is 16.5. The third-order valence-corrected chi connectivity index (χ3v) is 2.06. The Hall–Kier alpha value is -1.12. The molecule has 0 bridgehead atoms. The first kappa shape index (κ1) is 8.97. The summed E-state index contributed by atoms with van der Waals surface area (Å²) in [6.07, 6.45) is 2.69. The molecule has 66 valence electrons. The molecule has 0 aliphatic heterocycles. The Morgan fingerprint density at radius 2 is 2.17 bits per heavy atom. The predicted octanol–water partition coefficient (Wildman–Crippen LogP) is 1.08. The van der Waals surface area contributed by atoms with E-state index in [1.54, 1.807) is 19.9 Å². The Bertz CT molecular complexity index is 250. The number of rotatable bonds is 1. The molecule has 0 N–H and O–H groups in total. The van der Waals surface area contributed by atoms with E-state index in [1.165, 1.54) is 13.0 Å². The minimum absolute atomic E-state index is 0.00810. The van der Waals surface area contributed by atoms with Crippen LogP contribution in [-0.4, -0.2) is 17.9 Å². The zero-order valence-corrected chi connectivity index (χ0v) is 7.46. The fourth-order valence-electron chi connectivity index (χ4n) is 1.14. The second-order valence-electron chi connectivity index (χ2n) is 3.48. The monoisotopic (exact) mass is 168 g/mol. The Morgan fingerprint density at radius 1 is 1.58 bits per heavy atom. The van der Waals surface area contributed by atoms with Gasteiger partial charge in [0.15, 0.2) is 5.78 Å². The van der Waals surface area contributed by atoms with Crippen LogP contribution in [0, 0.1) is 5.41 Å². The molecule has 3 nitrogen and oxygen atoms in total. The van der Waals surface area contributed by atoms with Crippen molar-refractivity contribution in [1.82, 2.24) is 0 Å². The SMILES string of the molecule is CC(=O)O[C@@H]1C=CC(=O)C1(C)C. The van der Waals surface area contributed by atoms with Crippen LogP contribution in [-0.2, 0) is 14.3 Å². The number of ketones is 1. The molecular weight excluding hydrogens is 156 g/mol. The van der Waals surface area contributed by atoms with Gasteiger partial charge in [0, 0.05) is 6.92 Å². The zero-order chi connectivity index (χ0) is 9.35. The van der Waals surface area contributed by atoms with Gasteiger partial charge in [0.1, 0.15) is 6.10 Å². The highest BCUT2D eigenvalue weighted by molar-refractivity contribution is 5.97. The van der Waals surface area contributed by atoms with E-state index in [4.69, 9.17) is 4.74 Å². The summed E-state index contributed by atoms with van der Waals surface area (Å²) in [4.78, 5) is 21.8. The van der Waals surface area contributed by atoms with Crippen LogP contribution in [0.3, 0.4) is 0 Å². The molecule has 1 aliphatic carbocycles. The first-order valence-corrected chi connectivity index (χ1v) is 3.84. The van der Waals surface area contributed by atoms with Crippen molar-refractivity contribution in [2.24, 2.45) is 5.41 Å². The van der Waals surface area contributed by atoms with E-state index < -0.39 is 11.5 Å². The average molecular weight is 168 g/mol. The normalized spacial score (nSPS) is 25.9. The van der Waals surface area contributed by atoms with Crippen molar-refractivity contribution in [3.8, 4) is 0 Å². The number of hydrogen-bond donors (Lipinski definition) is 0. The smallest absolute Gasteiger partial charge is 0.303 e. The van der Waals surface area contributed by atoms with Gasteiger partial charge in [-0.15, -0.1) is 0 Å². The topological polar surface area (TPSA) is 43.4 Å². The number of carbonyl (C=O) groups excluding carboxylic acids is 2. The molecule has 0 fully saturated rings. The van der Waals surface area contributed by atoms with Gasteiger partial charge in [-0.1, -0.05) is 0 Å². The van der Waals surface area contributed by atoms with Crippen LogP contribution < -0.4 is 0 Å². The van der Waals surface area contributed by atoms with Gasteiger partial charge in [-0.05, 0) is 26.0 Å². The van der Waals surface area contributed by atoms with E-state index in [2.05, 4.69) is 0 Å². The quantitative estimate of drug-likeness (QED) is 0.550. The Morgan fingerprint density at radius 3 is 2.50 bits per heavy atom. The molecule has 0 aromatic carbocycles. The van der Waals surface area contributed by atoms with Crippen LogP contribution >= 0.6 is 0 Å². The molecule has 1 rings (SSSR count). The van der Waals surface area contributed by atoms with E-state index in [1.807, 2.05) is 0 Å². The highest BCUT2D eigenvalue weighted by Crippen LogP contribution is 2.31. The first-order valence-electron chi connectivity index (χ1n) is 3.84. The van der Waals surface area contributed by atoms with Crippen molar-refractivity contribution in [1.29, 1.82) is 0 Å². The Labute approximate surface area is 71.4 Å². The van der Waals surface area contributed by atoms with E-state index in [9.17, 15) is 9.59 Å². The summed E-state index contributed by atoms with van der Waals surface area (Å²) in [5.41, 5.74) is -0.592. The molecule has 0 aromatic rings. The molecule has 0 heterocycles. The minimum Gasteiger partial charge on any atom is -0.457 e. The molecule has 3 heteroatoms. The second kappa shape index (κ2) is 2.73. The molecule has 0 spiro atoms. The highest BCUT2D eigenvalue weighted by Gasteiger charge is 2.40. The summed E-state index contributed by atoms with van der Waals surface area (Å²) >= 11 is 0. The number of esters is 1. The lowest BCUT2D eigenvalue weighted by molar-refractivity contribution is -0.150. The number of carbonyl (C=O) groups is 2. The predicted molar refractivity (Wildman–Crippen MR) is 43.5 cm³/mol. The fourth-order valence-corrected chi connectivity index (χ4v) is 1.14. The summed E-state index contributed by atoms with van der Waals surface area (Å²) in [5, 5.41) is 0. The van der Waals surface area contributed by atoms with Gasteiger partial charge in [0.2, 0.25) is 0 Å². The van der Waals surface area contributed by atoms with Crippen LogP contribution in [0.4, 0.5) is 0 Å². The fraction of sp³-hybridized carbons (Fsp3) is 0.556. The summed E-state index contributed by atoms with van der Waals surface area (Å²) in [5.74, 6) is -0.346. The van der Waals surface area contributed by atoms with Gasteiger partial charge < -0.3 is 4.74 Å². The van der Waals surface area contributed by atoms with Gasteiger partial charge in [0.25, 0.3) is 0 Å². The van der Waals surface area contributed by atoms with E-state index in [0.717, 1.165) is 0 Å². The van der Waals surface area contributed by atoms with Crippen LogP contribution in [0.5, 0.6) is 0 Å². The maximum absolute atomic E-state index is 11.2. The molecule has 0 amide bonds. The number of hydrogen-bond acceptors (Lipinski definition) is 3. The third-order valence-electron chi connectivity index (χ3n) is 2.06. The van der Waals surface area contributed by atoms with Gasteiger partial charge >= 0.3 is 5.97 Å². The van der Waals surface area contributed by atoms with Crippen LogP contribution in [0.15, 0.2) is 12.2 Å². The second-order valence-corrected chi connectivity index (χ2v) is 3.48. The van der Waals surface area contributed by atoms with Gasteiger partial charge in [-0.3, -0.25) is 9.59 Å². The van der Waals surface area contributed by atoms with Gasteiger partial charge in [-0.2, -0.15) is 0 Å². The molecule has 0 radical (unpaired) electrons. The summed E-state index contributed by atoms with van der Waals surface area (Å²) in [7, 11) is 0. The van der Waals surface area contributed by atoms with Crippen LogP contribution in [0.25, 0.3) is 0 Å². The molecular formula is C9H12O3. The van der Waals surface area contributed by atoms with E-state index in [-0.39, 0.29) is 11.8 Å². The molecule has 12 heavy (non-hydrogen) atoms. The number of ether oxygens (including phenoxy) is 1. The lowest BCUT2D eigenvalue weighted by atomic mass is 9.87. The summed E-state index contributed by atoms with van der Waals surface area (Å²) in [6, 6.07) is 0. The molecule has 0 aromatic heterocycles. The van der Waals surface area contributed by atoms with Crippen molar-refractivity contribution in [2.45, 2.75) is 26.9 Å². The maximum Gasteiger partial charge on any atom is 0.303 e. The van der Waals surface area contributed by atoms with Crippen LogP contribution in [0.1, 0.15) is 20.8 Å². The van der Waals surface area contributed by atoms with Gasteiger partial charge in [0.05, 0.1) is 5.41 Å². The zero-order valence-electron chi connectivity index (χ0n) is 7.46. The van der Waals surface area contributed by atoms with E-state index in [0.29, 0.717) is 0 Å². The first-order chi connectivity index (χ1) is 5.44. The summed E-state index contributed by atoms with van der Waals surface area (Å²) in [6.45, 7) is 4.87. The average Bonchev–Trinajstić information content (AvgIpc) is 2.15. The lowest BCUT2D eigenvalue weighted by Crippen LogP contribution is -2.33. The Balaban J connectivity index is 2.75. The standard InChI is InChI=1S/C9H12O3/c1-6(10)12-8-5-4-7(11)9(8,2)3/h4-5,8H,1-3H3/t8-/m1/s1. The maximum atomic E-state index is 11.2. The van der Waals surface area contributed by atoms with Crippen molar-refractivity contribution < 1.29 is 14.3 Å². The molecule has 1 aliphatic rings. The van der Waals surface area contributed by atoms with Crippen molar-refractivity contribution in [3.05, 3.63) is 12.2 Å². The largest absolute Gasteiger partial charge is 0.457 e. The van der Waals surface area contributed by atoms with Crippen molar-refractivity contribution in [3.63, 3.8) is 0 Å².